The Kier molecular flexibility index (Phi) is 3.55. The van der Waals surface area contributed by atoms with Gasteiger partial charge in [0.15, 0.2) is 0 Å². The van der Waals surface area contributed by atoms with Gasteiger partial charge in [-0.3, -0.25) is 0 Å². The molecule has 0 aliphatic carbocycles. The van der Waals surface area contributed by atoms with Crippen molar-refractivity contribution >= 4 is 27.3 Å². The lowest BCUT2D eigenvalue weighted by atomic mass is 10.3. The normalized spacial score (nSPS) is 11.6. The third-order valence-electron chi connectivity index (χ3n) is 2.18. The number of sulfonamides is 1. The van der Waals surface area contributed by atoms with E-state index in [9.17, 15) is 8.42 Å². The van der Waals surface area contributed by atoms with Crippen molar-refractivity contribution in [1.82, 2.24) is 9.88 Å². The molecule has 1 aromatic heterocycles. The van der Waals surface area contributed by atoms with Crippen molar-refractivity contribution in [3.63, 3.8) is 0 Å². The second kappa shape index (κ2) is 4.97. The zero-order valence-corrected chi connectivity index (χ0v) is 10.7. The van der Waals surface area contributed by atoms with Crippen molar-refractivity contribution in [3.05, 3.63) is 41.2 Å². The molecule has 3 N–H and O–H groups in total. The molecule has 1 heterocycles. The lowest BCUT2D eigenvalue weighted by Crippen LogP contribution is -2.23. The molecule has 0 atom stereocenters. The van der Waals surface area contributed by atoms with Crippen LogP contribution in [0.2, 0.25) is 5.02 Å². The summed E-state index contributed by atoms with van der Waals surface area (Å²) < 4.78 is 30.9. The summed E-state index contributed by atoms with van der Waals surface area (Å²) in [6, 6.07) is 5.76. The molecule has 0 saturated carbocycles. The Bertz CT molecular complexity index is 640. The third-order valence-corrected chi connectivity index (χ3v) is 4.06. The maximum absolute atomic E-state index is 12.0. The SMILES string of the molecule is Nc1ccc(S(=O)(=O)NCc2ccon2)c(Cl)c1. The van der Waals surface area contributed by atoms with Gasteiger partial charge in [0.2, 0.25) is 10.0 Å². The van der Waals surface area contributed by atoms with Crippen molar-refractivity contribution in [2.45, 2.75) is 11.4 Å². The standard InChI is InChI=1S/C10H10ClN3O3S/c11-9-5-7(12)1-2-10(9)18(15,16)13-6-8-3-4-17-14-8/h1-5,13H,6,12H2. The quantitative estimate of drug-likeness (QED) is 0.828. The first kappa shape index (κ1) is 12.9. The summed E-state index contributed by atoms with van der Waals surface area (Å²) in [7, 11) is -3.70. The van der Waals surface area contributed by atoms with Crippen LogP contribution in [-0.2, 0) is 16.6 Å². The minimum Gasteiger partial charge on any atom is -0.399 e. The predicted molar refractivity (Wildman–Crippen MR) is 66.4 cm³/mol. The average Bonchev–Trinajstić information content (AvgIpc) is 2.78. The van der Waals surface area contributed by atoms with Gasteiger partial charge in [-0.05, 0) is 18.2 Å². The highest BCUT2D eigenvalue weighted by Gasteiger charge is 2.18. The zero-order valence-electron chi connectivity index (χ0n) is 9.13. The van der Waals surface area contributed by atoms with Crippen LogP contribution in [0.25, 0.3) is 0 Å². The highest BCUT2D eigenvalue weighted by Crippen LogP contribution is 2.23. The molecule has 0 amide bonds. The molecule has 6 nitrogen and oxygen atoms in total. The number of nitrogen functional groups attached to an aromatic ring is 1. The van der Waals surface area contributed by atoms with E-state index in [-0.39, 0.29) is 16.5 Å². The number of nitrogens with two attached hydrogens (primary N) is 1. The highest BCUT2D eigenvalue weighted by molar-refractivity contribution is 7.89. The molecule has 0 aliphatic rings. The van der Waals surface area contributed by atoms with E-state index in [1.807, 2.05) is 0 Å². The number of benzene rings is 1. The number of anilines is 1. The van der Waals surface area contributed by atoms with E-state index in [1.165, 1.54) is 24.5 Å². The van der Waals surface area contributed by atoms with Gasteiger partial charge in [0.05, 0.1) is 17.3 Å². The number of nitrogens with one attached hydrogen (secondary N) is 1. The first-order valence-corrected chi connectivity index (χ1v) is 6.79. The topological polar surface area (TPSA) is 98.2 Å². The summed E-state index contributed by atoms with van der Waals surface area (Å²) in [6.45, 7) is 0.0273. The molecule has 1 aromatic carbocycles. The van der Waals surface area contributed by atoms with E-state index < -0.39 is 10.0 Å². The Hall–Kier alpha value is -1.57. The van der Waals surface area contributed by atoms with Crippen LogP contribution in [0.3, 0.4) is 0 Å². The van der Waals surface area contributed by atoms with Crippen LogP contribution in [0, 0.1) is 0 Å². The lowest BCUT2D eigenvalue weighted by Gasteiger charge is -2.07. The number of hydrogen-bond donors (Lipinski definition) is 2. The van der Waals surface area contributed by atoms with Gasteiger partial charge in [-0.25, -0.2) is 13.1 Å². The maximum Gasteiger partial charge on any atom is 0.242 e. The molecule has 18 heavy (non-hydrogen) atoms. The molecule has 96 valence electrons. The third kappa shape index (κ3) is 2.81. The first-order valence-electron chi connectivity index (χ1n) is 4.93. The molecule has 2 rings (SSSR count). The van der Waals surface area contributed by atoms with Crippen LogP contribution in [0.1, 0.15) is 5.69 Å². The van der Waals surface area contributed by atoms with Crippen LogP contribution in [0.4, 0.5) is 5.69 Å². The van der Waals surface area contributed by atoms with E-state index in [0.717, 1.165) is 0 Å². The molecule has 0 fully saturated rings. The van der Waals surface area contributed by atoms with Gasteiger partial charge in [0.25, 0.3) is 0 Å². The minimum atomic E-state index is -3.70. The number of halogens is 1. The maximum atomic E-state index is 12.0. The second-order valence-corrected chi connectivity index (χ2v) is 5.65. The summed E-state index contributed by atoms with van der Waals surface area (Å²) in [4.78, 5) is -0.0261. The largest absolute Gasteiger partial charge is 0.399 e. The van der Waals surface area contributed by atoms with Crippen LogP contribution in [0.5, 0.6) is 0 Å². The summed E-state index contributed by atoms with van der Waals surface area (Å²) in [5, 5.41) is 3.67. The van der Waals surface area contributed by atoms with Crippen LogP contribution >= 0.6 is 11.6 Å². The number of aromatic nitrogens is 1. The Labute approximate surface area is 109 Å². The van der Waals surface area contributed by atoms with E-state index in [0.29, 0.717) is 11.4 Å². The fourth-order valence-electron chi connectivity index (χ4n) is 1.31. The Morgan fingerprint density at radius 3 is 2.78 bits per heavy atom. The van der Waals surface area contributed by atoms with Crippen LogP contribution in [-0.4, -0.2) is 13.6 Å². The molecule has 2 aromatic rings. The first-order chi connectivity index (χ1) is 8.49. The molecule has 0 bridgehead atoms. The van der Waals surface area contributed by atoms with Crippen molar-refractivity contribution < 1.29 is 12.9 Å². The highest BCUT2D eigenvalue weighted by atomic mass is 35.5. The van der Waals surface area contributed by atoms with E-state index in [2.05, 4.69) is 14.4 Å². The number of nitrogens with zero attached hydrogens (tertiary/aromatic N) is 1. The fraction of sp³-hybridized carbons (Fsp3) is 0.100. The number of hydrogen-bond acceptors (Lipinski definition) is 5. The van der Waals surface area contributed by atoms with Crippen LogP contribution < -0.4 is 10.5 Å². The summed E-state index contributed by atoms with van der Waals surface area (Å²) in [5.41, 5.74) is 6.38. The Morgan fingerprint density at radius 1 is 1.39 bits per heavy atom. The molecule has 0 unspecified atom stereocenters. The van der Waals surface area contributed by atoms with Gasteiger partial charge in [0, 0.05) is 11.8 Å². The van der Waals surface area contributed by atoms with Gasteiger partial charge >= 0.3 is 0 Å². The second-order valence-electron chi connectivity index (χ2n) is 3.51. The monoisotopic (exact) mass is 287 g/mol. The van der Waals surface area contributed by atoms with Gasteiger partial charge in [0.1, 0.15) is 11.2 Å². The molecule has 8 heteroatoms. The Balaban J connectivity index is 2.20. The smallest absolute Gasteiger partial charge is 0.242 e. The molecule has 0 spiro atoms. The fourth-order valence-corrected chi connectivity index (χ4v) is 2.86. The summed E-state index contributed by atoms with van der Waals surface area (Å²) in [6.07, 6.45) is 1.36. The van der Waals surface area contributed by atoms with E-state index in [4.69, 9.17) is 17.3 Å². The summed E-state index contributed by atoms with van der Waals surface area (Å²) >= 11 is 5.84. The molecule has 0 radical (unpaired) electrons. The Morgan fingerprint density at radius 2 is 2.17 bits per heavy atom. The predicted octanol–water partition coefficient (Wildman–Crippen LogP) is 1.39. The van der Waals surface area contributed by atoms with Gasteiger partial charge < -0.3 is 10.3 Å². The summed E-state index contributed by atoms with van der Waals surface area (Å²) in [5.74, 6) is 0. The van der Waals surface area contributed by atoms with Crippen LogP contribution in [0.15, 0.2) is 39.9 Å². The van der Waals surface area contributed by atoms with E-state index >= 15 is 0 Å². The minimum absolute atomic E-state index is 0.0261. The molecule has 0 aliphatic heterocycles. The van der Waals surface area contributed by atoms with Crippen molar-refractivity contribution in [3.8, 4) is 0 Å². The van der Waals surface area contributed by atoms with Crippen molar-refractivity contribution in [2.24, 2.45) is 0 Å². The average molecular weight is 288 g/mol. The van der Waals surface area contributed by atoms with Crippen molar-refractivity contribution in [2.75, 3.05) is 5.73 Å². The molecular weight excluding hydrogens is 278 g/mol. The van der Waals surface area contributed by atoms with Gasteiger partial charge in [-0.1, -0.05) is 16.8 Å². The molecular formula is C10H10ClN3O3S. The van der Waals surface area contributed by atoms with Crippen molar-refractivity contribution in [1.29, 1.82) is 0 Å². The van der Waals surface area contributed by atoms with E-state index in [1.54, 1.807) is 6.07 Å². The lowest BCUT2D eigenvalue weighted by molar-refractivity contribution is 0.411. The number of rotatable bonds is 4. The van der Waals surface area contributed by atoms with Gasteiger partial charge in [-0.2, -0.15) is 0 Å². The zero-order chi connectivity index (χ0) is 13.2. The van der Waals surface area contributed by atoms with Gasteiger partial charge in [-0.15, -0.1) is 0 Å². The molecule has 0 saturated heterocycles.